The lowest BCUT2D eigenvalue weighted by Crippen LogP contribution is -2.57. The van der Waals surface area contributed by atoms with Gasteiger partial charge < -0.3 is 20.3 Å². The molecule has 114 valence electrons. The van der Waals surface area contributed by atoms with Crippen LogP contribution in [-0.2, 0) is 0 Å². The lowest BCUT2D eigenvalue weighted by molar-refractivity contribution is 0.0815. The van der Waals surface area contributed by atoms with E-state index in [0.717, 1.165) is 29.0 Å². The first-order valence-electron chi connectivity index (χ1n) is 7.77. The van der Waals surface area contributed by atoms with E-state index in [4.69, 9.17) is 17.0 Å². The van der Waals surface area contributed by atoms with E-state index in [2.05, 4.69) is 15.5 Å². The maximum absolute atomic E-state index is 5.44. The molecule has 3 fully saturated rings. The zero-order chi connectivity index (χ0) is 14.7. The number of hydrogen-bond acceptors (Lipinski definition) is 3. The summed E-state index contributed by atoms with van der Waals surface area (Å²) in [5, 5.41) is 7.47. The zero-order valence-corrected chi connectivity index (χ0v) is 13.3. The van der Waals surface area contributed by atoms with Crippen molar-refractivity contribution in [3.8, 4) is 5.75 Å². The van der Waals surface area contributed by atoms with Crippen LogP contribution in [0.5, 0.6) is 5.75 Å². The smallest absolute Gasteiger partial charge is 0.171 e. The second-order valence-corrected chi connectivity index (χ2v) is 6.21. The molecule has 4 rings (SSSR count). The van der Waals surface area contributed by atoms with Gasteiger partial charge in [-0.1, -0.05) is 0 Å². The number of nitrogens with zero attached hydrogens (tertiary/aromatic N) is 1. The van der Waals surface area contributed by atoms with E-state index >= 15 is 0 Å². The second kappa shape index (κ2) is 6.62. The predicted octanol–water partition coefficient (Wildman–Crippen LogP) is 2.47. The minimum Gasteiger partial charge on any atom is -0.494 e. The van der Waals surface area contributed by atoms with Crippen LogP contribution in [0.2, 0.25) is 0 Å². The van der Waals surface area contributed by atoms with Crippen LogP contribution in [0.15, 0.2) is 24.3 Å². The molecule has 3 aliphatic rings. The number of fused-ring (bicyclic) bond motifs is 3. The Labute approximate surface area is 131 Å². The number of benzene rings is 1. The first kappa shape index (κ1) is 14.6. The molecule has 1 aromatic carbocycles. The molecular weight excluding hydrogens is 282 g/mol. The molecule has 5 heteroatoms. The molecule has 4 nitrogen and oxygen atoms in total. The standard InChI is InChI=1S/C16H23N3OS/c1-2-20-14-5-3-13(4-6-14)17-16(21)18-15-11-19-9-7-12(15)8-10-19/h3-6,12,15H,2,7-11H2,1H3,(H2,17,18,21)/t15-/m1/s1. The number of hydrogen-bond donors (Lipinski definition) is 2. The average molecular weight is 305 g/mol. The molecule has 21 heavy (non-hydrogen) atoms. The highest BCUT2D eigenvalue weighted by Crippen LogP contribution is 2.27. The summed E-state index contributed by atoms with van der Waals surface area (Å²) in [6.07, 6.45) is 2.59. The van der Waals surface area contributed by atoms with Crippen LogP contribution < -0.4 is 15.4 Å². The van der Waals surface area contributed by atoms with E-state index in [-0.39, 0.29) is 0 Å². The molecule has 0 aliphatic carbocycles. The van der Waals surface area contributed by atoms with Gasteiger partial charge in [-0.3, -0.25) is 0 Å². The Hall–Kier alpha value is -1.33. The Kier molecular flexibility index (Phi) is 4.60. The molecule has 0 radical (unpaired) electrons. The van der Waals surface area contributed by atoms with Crippen molar-refractivity contribution in [2.75, 3.05) is 31.6 Å². The van der Waals surface area contributed by atoms with Gasteiger partial charge >= 0.3 is 0 Å². The molecule has 0 spiro atoms. The summed E-state index contributed by atoms with van der Waals surface area (Å²) in [6, 6.07) is 8.41. The highest BCUT2D eigenvalue weighted by molar-refractivity contribution is 7.80. The van der Waals surface area contributed by atoms with Gasteiger partial charge in [0.05, 0.1) is 6.61 Å². The van der Waals surface area contributed by atoms with E-state index in [9.17, 15) is 0 Å². The fourth-order valence-corrected chi connectivity index (χ4v) is 3.53. The Bertz CT molecular complexity index is 483. The first-order valence-corrected chi connectivity index (χ1v) is 8.18. The quantitative estimate of drug-likeness (QED) is 0.836. The third-order valence-electron chi connectivity index (χ3n) is 4.40. The van der Waals surface area contributed by atoms with E-state index in [1.165, 1.54) is 25.9 Å². The predicted molar refractivity (Wildman–Crippen MR) is 89.9 cm³/mol. The van der Waals surface area contributed by atoms with Crippen LogP contribution in [-0.4, -0.2) is 42.3 Å². The molecule has 0 saturated carbocycles. The Balaban J connectivity index is 1.52. The van der Waals surface area contributed by atoms with Crippen molar-refractivity contribution < 1.29 is 4.74 Å². The van der Waals surface area contributed by atoms with Gasteiger partial charge in [0.25, 0.3) is 0 Å². The summed E-state index contributed by atoms with van der Waals surface area (Å²) in [4.78, 5) is 2.52. The van der Waals surface area contributed by atoms with Crippen LogP contribution in [0.3, 0.4) is 0 Å². The van der Waals surface area contributed by atoms with E-state index in [1.54, 1.807) is 0 Å². The Morgan fingerprint density at radius 2 is 2.00 bits per heavy atom. The van der Waals surface area contributed by atoms with E-state index in [0.29, 0.717) is 12.6 Å². The van der Waals surface area contributed by atoms with Crippen molar-refractivity contribution in [3.63, 3.8) is 0 Å². The van der Waals surface area contributed by atoms with Crippen molar-refractivity contribution in [1.29, 1.82) is 0 Å². The SMILES string of the molecule is CCOc1ccc(NC(=S)N[C@@H]2CN3CCC2CC3)cc1. The van der Waals surface area contributed by atoms with Gasteiger partial charge in [0.15, 0.2) is 5.11 Å². The molecule has 2 bridgehead atoms. The molecule has 1 aromatic rings. The number of ether oxygens (including phenoxy) is 1. The molecule has 3 heterocycles. The van der Waals surface area contributed by atoms with Crippen molar-refractivity contribution in [2.45, 2.75) is 25.8 Å². The molecule has 0 aromatic heterocycles. The monoisotopic (exact) mass is 305 g/mol. The minimum atomic E-state index is 0.496. The van der Waals surface area contributed by atoms with Gasteiger partial charge in [0, 0.05) is 18.3 Å². The summed E-state index contributed by atoms with van der Waals surface area (Å²) >= 11 is 5.44. The van der Waals surface area contributed by atoms with Gasteiger partial charge in [0.1, 0.15) is 5.75 Å². The molecule has 2 N–H and O–H groups in total. The van der Waals surface area contributed by atoms with Crippen LogP contribution in [0.25, 0.3) is 0 Å². The van der Waals surface area contributed by atoms with Crippen LogP contribution in [0.4, 0.5) is 5.69 Å². The molecule has 0 amide bonds. The van der Waals surface area contributed by atoms with Crippen molar-refractivity contribution >= 4 is 23.0 Å². The van der Waals surface area contributed by atoms with Gasteiger partial charge in [-0.25, -0.2) is 0 Å². The maximum atomic E-state index is 5.44. The fourth-order valence-electron chi connectivity index (χ4n) is 3.27. The van der Waals surface area contributed by atoms with E-state index < -0.39 is 0 Å². The number of rotatable bonds is 4. The van der Waals surface area contributed by atoms with Crippen molar-refractivity contribution in [1.82, 2.24) is 10.2 Å². The van der Waals surface area contributed by atoms with E-state index in [1.807, 2.05) is 31.2 Å². The van der Waals surface area contributed by atoms with Crippen LogP contribution in [0, 0.1) is 5.92 Å². The Morgan fingerprint density at radius 1 is 1.29 bits per heavy atom. The fraction of sp³-hybridized carbons (Fsp3) is 0.562. The van der Waals surface area contributed by atoms with Gasteiger partial charge in [-0.05, 0) is 75.3 Å². The zero-order valence-electron chi connectivity index (χ0n) is 12.5. The topological polar surface area (TPSA) is 36.5 Å². The van der Waals surface area contributed by atoms with Gasteiger partial charge in [-0.2, -0.15) is 0 Å². The van der Waals surface area contributed by atoms with Gasteiger partial charge in [0.2, 0.25) is 0 Å². The normalized spacial score (nSPS) is 27.2. The lowest BCUT2D eigenvalue weighted by Gasteiger charge is -2.45. The Morgan fingerprint density at radius 3 is 2.57 bits per heavy atom. The summed E-state index contributed by atoms with van der Waals surface area (Å²) in [5.74, 6) is 1.66. The number of piperidine rings is 3. The lowest BCUT2D eigenvalue weighted by atomic mass is 9.84. The second-order valence-electron chi connectivity index (χ2n) is 5.80. The summed E-state index contributed by atoms with van der Waals surface area (Å²) in [7, 11) is 0. The van der Waals surface area contributed by atoms with Crippen molar-refractivity contribution in [2.24, 2.45) is 5.92 Å². The first-order chi connectivity index (χ1) is 10.2. The highest BCUT2D eigenvalue weighted by atomic mass is 32.1. The largest absolute Gasteiger partial charge is 0.494 e. The van der Waals surface area contributed by atoms with Crippen molar-refractivity contribution in [3.05, 3.63) is 24.3 Å². The maximum Gasteiger partial charge on any atom is 0.171 e. The summed E-state index contributed by atoms with van der Waals surface area (Å²) < 4.78 is 5.44. The van der Waals surface area contributed by atoms with Crippen LogP contribution in [0.1, 0.15) is 19.8 Å². The third kappa shape index (κ3) is 3.66. The van der Waals surface area contributed by atoms with Crippen LogP contribution >= 0.6 is 12.2 Å². The number of thiocarbonyl (C=S) groups is 1. The average Bonchev–Trinajstić information content (AvgIpc) is 2.51. The molecule has 0 unspecified atom stereocenters. The highest BCUT2D eigenvalue weighted by Gasteiger charge is 2.34. The number of nitrogens with one attached hydrogen (secondary N) is 2. The number of anilines is 1. The summed E-state index contributed by atoms with van der Waals surface area (Å²) in [5.41, 5.74) is 0.997. The minimum absolute atomic E-state index is 0.496. The molecule has 1 atom stereocenters. The van der Waals surface area contributed by atoms with Gasteiger partial charge in [-0.15, -0.1) is 0 Å². The molecule has 3 saturated heterocycles. The molecular formula is C16H23N3OS. The summed E-state index contributed by atoms with van der Waals surface area (Å²) in [6.45, 7) is 6.30. The molecule has 3 aliphatic heterocycles. The third-order valence-corrected chi connectivity index (χ3v) is 4.62.